The molecule has 3 nitrogen and oxygen atoms in total. The predicted molar refractivity (Wildman–Crippen MR) is 94.6 cm³/mol. The van der Waals surface area contributed by atoms with Gasteiger partial charge in [0.25, 0.3) is 0 Å². The van der Waals surface area contributed by atoms with E-state index in [2.05, 4.69) is 60.0 Å². The van der Waals surface area contributed by atoms with E-state index in [-0.39, 0.29) is 0 Å². The van der Waals surface area contributed by atoms with E-state index >= 15 is 0 Å². The standard InChI is InChI=1S/C20H23N3/c1-16-4-3-5-20(17(16)2)23-12-10-22(11-13-23)15-19-8-6-18(14-21)7-9-19/h3-9H,10-13,15H2,1-2H3. The summed E-state index contributed by atoms with van der Waals surface area (Å²) in [5.41, 5.74) is 6.15. The van der Waals surface area contributed by atoms with E-state index < -0.39 is 0 Å². The third-order valence-electron chi connectivity index (χ3n) is 4.78. The second kappa shape index (κ2) is 6.85. The van der Waals surface area contributed by atoms with Crippen molar-refractivity contribution in [3.63, 3.8) is 0 Å². The van der Waals surface area contributed by atoms with E-state index in [4.69, 9.17) is 5.26 Å². The van der Waals surface area contributed by atoms with Crippen LogP contribution in [0.5, 0.6) is 0 Å². The smallest absolute Gasteiger partial charge is 0.0991 e. The van der Waals surface area contributed by atoms with Crippen molar-refractivity contribution < 1.29 is 0 Å². The van der Waals surface area contributed by atoms with Gasteiger partial charge < -0.3 is 4.90 Å². The molecule has 1 saturated heterocycles. The van der Waals surface area contributed by atoms with Crippen molar-refractivity contribution in [1.29, 1.82) is 5.26 Å². The van der Waals surface area contributed by atoms with Gasteiger partial charge in [0.15, 0.2) is 0 Å². The Morgan fingerprint density at radius 3 is 2.30 bits per heavy atom. The zero-order chi connectivity index (χ0) is 16.2. The number of nitriles is 1. The number of piperazine rings is 1. The van der Waals surface area contributed by atoms with E-state index in [1.54, 1.807) is 0 Å². The summed E-state index contributed by atoms with van der Waals surface area (Å²) >= 11 is 0. The average Bonchev–Trinajstić information content (AvgIpc) is 2.59. The maximum absolute atomic E-state index is 8.86. The molecule has 0 aromatic heterocycles. The first kappa shape index (κ1) is 15.6. The van der Waals surface area contributed by atoms with Gasteiger partial charge in [0, 0.05) is 38.4 Å². The Morgan fingerprint density at radius 1 is 0.957 bits per heavy atom. The number of hydrogen-bond acceptors (Lipinski definition) is 3. The maximum atomic E-state index is 8.86. The fourth-order valence-corrected chi connectivity index (χ4v) is 3.17. The van der Waals surface area contributed by atoms with Crippen LogP contribution in [0.25, 0.3) is 0 Å². The normalized spacial score (nSPS) is 15.4. The molecule has 0 atom stereocenters. The molecule has 0 radical (unpaired) electrons. The van der Waals surface area contributed by atoms with Crippen molar-refractivity contribution in [2.75, 3.05) is 31.1 Å². The van der Waals surface area contributed by atoms with Gasteiger partial charge in [0.05, 0.1) is 11.6 Å². The minimum atomic E-state index is 0.730. The summed E-state index contributed by atoms with van der Waals surface area (Å²) in [6.45, 7) is 9.65. The first-order valence-corrected chi connectivity index (χ1v) is 8.20. The topological polar surface area (TPSA) is 30.3 Å². The molecule has 3 heteroatoms. The van der Waals surface area contributed by atoms with Crippen molar-refractivity contribution in [2.24, 2.45) is 0 Å². The third-order valence-corrected chi connectivity index (χ3v) is 4.78. The highest BCUT2D eigenvalue weighted by atomic mass is 15.3. The summed E-state index contributed by atoms with van der Waals surface area (Å²) in [4.78, 5) is 4.99. The summed E-state index contributed by atoms with van der Waals surface area (Å²) in [6.07, 6.45) is 0. The maximum Gasteiger partial charge on any atom is 0.0991 e. The molecule has 0 unspecified atom stereocenters. The highest BCUT2D eigenvalue weighted by Crippen LogP contribution is 2.24. The summed E-state index contributed by atoms with van der Waals surface area (Å²) in [5, 5.41) is 8.86. The molecule has 3 rings (SSSR count). The van der Waals surface area contributed by atoms with Gasteiger partial charge in [0.1, 0.15) is 0 Å². The molecule has 0 bridgehead atoms. The SMILES string of the molecule is Cc1cccc(N2CCN(Cc3ccc(C#N)cc3)CC2)c1C. The van der Waals surface area contributed by atoms with Crippen molar-refractivity contribution in [1.82, 2.24) is 4.90 Å². The zero-order valence-electron chi connectivity index (χ0n) is 13.9. The Hall–Kier alpha value is -2.31. The number of nitrogens with zero attached hydrogens (tertiary/aromatic N) is 3. The van der Waals surface area contributed by atoms with Crippen LogP contribution in [0, 0.1) is 25.2 Å². The predicted octanol–water partition coefficient (Wildman–Crippen LogP) is 3.50. The zero-order valence-corrected chi connectivity index (χ0v) is 13.9. The average molecular weight is 305 g/mol. The molecule has 0 N–H and O–H groups in total. The molecule has 2 aromatic rings. The Bertz CT molecular complexity index is 705. The Labute approximate surface area is 138 Å². The van der Waals surface area contributed by atoms with Crippen molar-refractivity contribution in [2.45, 2.75) is 20.4 Å². The van der Waals surface area contributed by atoms with Crippen LogP contribution in [0.3, 0.4) is 0 Å². The monoisotopic (exact) mass is 305 g/mol. The van der Waals surface area contributed by atoms with Crippen molar-refractivity contribution in [3.05, 3.63) is 64.7 Å². The lowest BCUT2D eigenvalue weighted by Gasteiger charge is -2.37. The van der Waals surface area contributed by atoms with E-state index in [0.29, 0.717) is 0 Å². The lowest BCUT2D eigenvalue weighted by molar-refractivity contribution is 0.250. The highest BCUT2D eigenvalue weighted by Gasteiger charge is 2.18. The minimum absolute atomic E-state index is 0.730. The van der Waals surface area contributed by atoms with E-state index in [0.717, 1.165) is 38.3 Å². The molecular formula is C20H23N3. The first-order chi connectivity index (χ1) is 11.2. The minimum Gasteiger partial charge on any atom is -0.369 e. The highest BCUT2D eigenvalue weighted by molar-refractivity contribution is 5.56. The van der Waals surface area contributed by atoms with Gasteiger partial charge >= 0.3 is 0 Å². The van der Waals surface area contributed by atoms with Crippen molar-refractivity contribution >= 4 is 5.69 Å². The summed E-state index contributed by atoms with van der Waals surface area (Å²) in [7, 11) is 0. The van der Waals surface area contributed by atoms with Crippen LogP contribution < -0.4 is 4.90 Å². The van der Waals surface area contributed by atoms with Gasteiger partial charge in [-0.2, -0.15) is 5.26 Å². The molecule has 1 heterocycles. The fraction of sp³-hybridized carbons (Fsp3) is 0.350. The Morgan fingerprint density at radius 2 is 1.65 bits per heavy atom. The van der Waals surface area contributed by atoms with Gasteiger partial charge in [-0.1, -0.05) is 24.3 Å². The fourth-order valence-electron chi connectivity index (χ4n) is 3.17. The molecule has 2 aromatic carbocycles. The van der Waals surface area contributed by atoms with Crippen LogP contribution in [0.2, 0.25) is 0 Å². The lowest BCUT2D eigenvalue weighted by Crippen LogP contribution is -2.46. The molecule has 1 aliphatic rings. The molecule has 0 aliphatic carbocycles. The van der Waals surface area contributed by atoms with Crippen molar-refractivity contribution in [3.8, 4) is 6.07 Å². The third kappa shape index (κ3) is 3.55. The second-order valence-electron chi connectivity index (χ2n) is 6.29. The van der Waals surface area contributed by atoms with Crippen LogP contribution in [0.15, 0.2) is 42.5 Å². The Balaban J connectivity index is 1.60. The largest absolute Gasteiger partial charge is 0.369 e. The van der Waals surface area contributed by atoms with E-state index in [9.17, 15) is 0 Å². The molecular weight excluding hydrogens is 282 g/mol. The summed E-state index contributed by atoms with van der Waals surface area (Å²) in [5.74, 6) is 0. The molecule has 0 saturated carbocycles. The van der Waals surface area contributed by atoms with E-state index in [1.807, 2.05) is 12.1 Å². The molecule has 1 aliphatic heterocycles. The number of anilines is 1. The first-order valence-electron chi connectivity index (χ1n) is 8.20. The molecule has 0 amide bonds. The second-order valence-corrected chi connectivity index (χ2v) is 6.29. The summed E-state index contributed by atoms with van der Waals surface area (Å²) in [6, 6.07) is 16.7. The van der Waals surface area contributed by atoms with Crippen LogP contribution in [0.4, 0.5) is 5.69 Å². The molecule has 118 valence electrons. The number of benzene rings is 2. The lowest BCUT2D eigenvalue weighted by atomic mass is 10.1. The number of aryl methyl sites for hydroxylation is 1. The van der Waals surface area contributed by atoms with Gasteiger partial charge in [-0.3, -0.25) is 4.90 Å². The molecule has 0 spiro atoms. The molecule has 1 fully saturated rings. The van der Waals surface area contributed by atoms with Gasteiger partial charge in [-0.25, -0.2) is 0 Å². The number of rotatable bonds is 3. The van der Waals surface area contributed by atoms with Crippen LogP contribution in [0.1, 0.15) is 22.3 Å². The van der Waals surface area contributed by atoms with Gasteiger partial charge in [-0.15, -0.1) is 0 Å². The van der Waals surface area contributed by atoms with Crippen LogP contribution >= 0.6 is 0 Å². The molecule has 23 heavy (non-hydrogen) atoms. The van der Waals surface area contributed by atoms with Crippen LogP contribution in [-0.2, 0) is 6.54 Å². The Kier molecular flexibility index (Phi) is 4.64. The van der Waals surface area contributed by atoms with Gasteiger partial charge in [0.2, 0.25) is 0 Å². The van der Waals surface area contributed by atoms with Gasteiger partial charge in [-0.05, 0) is 48.7 Å². The quantitative estimate of drug-likeness (QED) is 0.869. The van der Waals surface area contributed by atoms with E-state index in [1.165, 1.54) is 22.4 Å². The van der Waals surface area contributed by atoms with Crippen LogP contribution in [-0.4, -0.2) is 31.1 Å². The summed E-state index contributed by atoms with van der Waals surface area (Å²) < 4.78 is 0. The number of hydrogen-bond donors (Lipinski definition) is 0.